The van der Waals surface area contributed by atoms with E-state index in [0.29, 0.717) is 36.7 Å². The molecule has 1 aliphatic rings. The van der Waals surface area contributed by atoms with E-state index in [-0.39, 0.29) is 38.3 Å². The average molecular weight is 840 g/mol. The number of quaternary nitrogens is 1. The molecule has 336 valence electrons. The van der Waals surface area contributed by atoms with Crippen molar-refractivity contribution in [2.75, 3.05) is 47.5 Å². The maximum atomic E-state index is 12.7. The van der Waals surface area contributed by atoms with Crippen molar-refractivity contribution >= 4 is 19.8 Å². The number of aliphatic hydroxyl groups is 1. The van der Waals surface area contributed by atoms with Crippen LogP contribution in [0.5, 0.6) is 0 Å². The molecular weight excluding hydrogens is 757 g/mol. The van der Waals surface area contributed by atoms with Crippen LogP contribution in [0.3, 0.4) is 0 Å². The van der Waals surface area contributed by atoms with Crippen molar-refractivity contribution in [3.8, 4) is 0 Å². The fourth-order valence-corrected chi connectivity index (χ4v) is 6.74. The molecule has 1 aliphatic heterocycles. The van der Waals surface area contributed by atoms with Gasteiger partial charge in [0, 0.05) is 12.8 Å². The highest BCUT2D eigenvalue weighted by Crippen LogP contribution is 2.38. The fourth-order valence-electron chi connectivity index (χ4n) is 6.01. The third kappa shape index (κ3) is 34.7. The Hall–Kier alpha value is -2.11. The molecule has 1 fully saturated rings. The molecule has 12 heteroatoms. The van der Waals surface area contributed by atoms with Crippen molar-refractivity contribution < 1.29 is 51.9 Å². The van der Waals surface area contributed by atoms with E-state index >= 15 is 0 Å². The van der Waals surface area contributed by atoms with Crippen molar-refractivity contribution in [2.45, 2.75) is 186 Å². The molecule has 5 unspecified atom stereocenters. The number of hydrogen-bond acceptors (Lipinski definition) is 10. The second-order valence-corrected chi connectivity index (χ2v) is 18.0. The van der Waals surface area contributed by atoms with Crippen LogP contribution in [0, 0.1) is 0 Å². The standard InChI is InChI=1S/C46H82NO10P/c1-6-8-10-12-14-15-16-17-18-19-20-21-22-24-29-33-45(49)53-39-42(40-55-58(51,52)54-38-37-47(3,4)5)56-46(50)34-30-26-25-27-31-41(48)35-36-44-43(57-44)32-28-23-13-11-9-7-2/h17-18,23,25,27-28,35-36,41-44,48H,6-16,19-22,24,26,29-34,37-40H2,1-5H3/b18-17-,27-25+,28-23+,36-35-. The SMILES string of the molecule is CCCCC/C=C/CC1OC1/C=C\C(O)C/C=C/CCCC(=O)OC(COC(=O)CCCCCCC/C=C\CCCCCCCC)COP(=O)([O-])OCC[N+](C)(C)C. The van der Waals surface area contributed by atoms with Crippen LogP contribution in [0.1, 0.15) is 162 Å². The number of phosphoric acid groups is 1. The van der Waals surface area contributed by atoms with Crippen LogP contribution in [-0.4, -0.2) is 93.5 Å². The molecule has 11 nitrogen and oxygen atoms in total. The Morgan fingerprint density at radius 2 is 1.28 bits per heavy atom. The summed E-state index contributed by atoms with van der Waals surface area (Å²) in [6.07, 6.45) is 37.6. The lowest BCUT2D eigenvalue weighted by atomic mass is 10.1. The van der Waals surface area contributed by atoms with E-state index in [0.717, 1.165) is 44.9 Å². The minimum Gasteiger partial charge on any atom is -0.756 e. The molecule has 58 heavy (non-hydrogen) atoms. The topological polar surface area (TPSA) is 144 Å². The van der Waals surface area contributed by atoms with Gasteiger partial charge in [0.05, 0.1) is 40.0 Å². The molecule has 0 aliphatic carbocycles. The van der Waals surface area contributed by atoms with E-state index in [9.17, 15) is 24.2 Å². The van der Waals surface area contributed by atoms with Gasteiger partial charge in [0.2, 0.25) is 0 Å². The van der Waals surface area contributed by atoms with Crippen LogP contribution >= 0.6 is 7.82 Å². The number of phosphoric ester groups is 1. The molecule has 0 aromatic rings. The molecular formula is C46H82NO10P. The lowest BCUT2D eigenvalue weighted by Gasteiger charge is -2.28. The molecule has 0 bridgehead atoms. The predicted molar refractivity (Wildman–Crippen MR) is 232 cm³/mol. The summed E-state index contributed by atoms with van der Waals surface area (Å²) < 4.78 is 39.4. The Morgan fingerprint density at radius 1 is 0.724 bits per heavy atom. The number of nitrogens with zero attached hydrogens (tertiary/aromatic N) is 1. The summed E-state index contributed by atoms with van der Waals surface area (Å²) in [7, 11) is 1.06. The monoisotopic (exact) mass is 840 g/mol. The molecule has 1 rings (SSSR count). The number of hydrogen-bond donors (Lipinski definition) is 1. The molecule has 0 saturated carbocycles. The Balaban J connectivity index is 2.37. The predicted octanol–water partition coefficient (Wildman–Crippen LogP) is 10.0. The highest BCUT2D eigenvalue weighted by atomic mass is 31.2. The summed E-state index contributed by atoms with van der Waals surface area (Å²) in [5.74, 6) is -0.986. The summed E-state index contributed by atoms with van der Waals surface area (Å²) in [6.45, 7) is 3.98. The van der Waals surface area contributed by atoms with Gasteiger partial charge in [-0.05, 0) is 70.6 Å². The van der Waals surface area contributed by atoms with E-state index < -0.39 is 38.6 Å². The number of carbonyl (C=O) groups excluding carboxylic acids is 2. The van der Waals surface area contributed by atoms with Crippen LogP contribution in [-0.2, 0) is 37.4 Å². The molecule has 1 saturated heterocycles. The molecule has 0 aromatic carbocycles. The lowest BCUT2D eigenvalue weighted by Crippen LogP contribution is -2.37. The Kier molecular flexibility index (Phi) is 32.1. The Labute approximate surface area is 352 Å². The quantitative estimate of drug-likeness (QED) is 0.0159. The van der Waals surface area contributed by atoms with Crippen molar-refractivity contribution in [3.63, 3.8) is 0 Å². The van der Waals surface area contributed by atoms with E-state index in [1.807, 2.05) is 39.4 Å². The normalized spacial score (nSPS) is 18.1. The molecule has 0 spiro atoms. The maximum Gasteiger partial charge on any atom is 0.306 e. The molecule has 0 radical (unpaired) electrons. The number of epoxide rings is 1. The van der Waals surface area contributed by atoms with Gasteiger partial charge in [-0.25, -0.2) is 0 Å². The van der Waals surface area contributed by atoms with Gasteiger partial charge in [-0.3, -0.25) is 14.2 Å². The number of likely N-dealkylation sites (N-methyl/N-ethyl adjacent to an activating group) is 1. The minimum absolute atomic E-state index is 0.0561. The van der Waals surface area contributed by atoms with Gasteiger partial charge in [-0.1, -0.05) is 127 Å². The first-order valence-corrected chi connectivity index (χ1v) is 24.0. The van der Waals surface area contributed by atoms with Gasteiger partial charge in [0.15, 0.2) is 6.10 Å². The van der Waals surface area contributed by atoms with Gasteiger partial charge < -0.3 is 37.7 Å². The number of aliphatic hydroxyl groups excluding tert-OH is 1. The van der Waals surface area contributed by atoms with Crippen molar-refractivity contribution in [2.24, 2.45) is 0 Å². The van der Waals surface area contributed by atoms with Gasteiger partial charge in [-0.15, -0.1) is 0 Å². The first-order chi connectivity index (χ1) is 27.8. The summed E-state index contributed by atoms with van der Waals surface area (Å²) >= 11 is 0. The van der Waals surface area contributed by atoms with Crippen LogP contribution in [0.25, 0.3) is 0 Å². The number of ether oxygens (including phenoxy) is 3. The van der Waals surface area contributed by atoms with Crippen LogP contribution in [0.4, 0.5) is 0 Å². The van der Waals surface area contributed by atoms with Gasteiger partial charge in [-0.2, -0.15) is 0 Å². The largest absolute Gasteiger partial charge is 0.756 e. The van der Waals surface area contributed by atoms with Crippen LogP contribution in [0.15, 0.2) is 48.6 Å². The van der Waals surface area contributed by atoms with E-state index in [4.69, 9.17) is 23.3 Å². The van der Waals surface area contributed by atoms with E-state index in [1.165, 1.54) is 64.2 Å². The van der Waals surface area contributed by atoms with E-state index in [2.05, 4.69) is 38.2 Å². The smallest absolute Gasteiger partial charge is 0.306 e. The number of rotatable bonds is 39. The van der Waals surface area contributed by atoms with Crippen molar-refractivity contribution in [3.05, 3.63) is 48.6 Å². The van der Waals surface area contributed by atoms with Gasteiger partial charge in [0.1, 0.15) is 25.9 Å². The van der Waals surface area contributed by atoms with E-state index in [1.54, 1.807) is 6.08 Å². The van der Waals surface area contributed by atoms with Crippen LogP contribution in [0.2, 0.25) is 0 Å². The molecule has 0 aromatic heterocycles. The third-order valence-electron chi connectivity index (χ3n) is 9.75. The lowest BCUT2D eigenvalue weighted by molar-refractivity contribution is -0.870. The summed E-state index contributed by atoms with van der Waals surface area (Å²) in [5.41, 5.74) is 0. The van der Waals surface area contributed by atoms with Crippen LogP contribution < -0.4 is 4.89 Å². The molecule has 1 heterocycles. The van der Waals surface area contributed by atoms with Crippen molar-refractivity contribution in [1.82, 2.24) is 0 Å². The number of unbranched alkanes of at least 4 members (excludes halogenated alkanes) is 15. The summed E-state index contributed by atoms with van der Waals surface area (Å²) in [5, 5.41) is 10.3. The highest BCUT2D eigenvalue weighted by Gasteiger charge is 2.35. The minimum atomic E-state index is -4.67. The number of carbonyl (C=O) groups is 2. The average Bonchev–Trinajstić information content (AvgIpc) is 3.93. The second-order valence-electron chi connectivity index (χ2n) is 16.6. The Bertz CT molecular complexity index is 1210. The zero-order valence-electron chi connectivity index (χ0n) is 37.0. The first-order valence-electron chi connectivity index (χ1n) is 22.6. The third-order valence-corrected chi connectivity index (χ3v) is 10.7. The molecule has 1 N–H and O–H groups in total. The van der Waals surface area contributed by atoms with Gasteiger partial charge in [0.25, 0.3) is 7.82 Å². The summed E-state index contributed by atoms with van der Waals surface area (Å²) in [6, 6.07) is 0. The molecule has 5 atom stereocenters. The highest BCUT2D eigenvalue weighted by molar-refractivity contribution is 7.45. The number of esters is 2. The number of allylic oxidation sites excluding steroid dienone is 4. The van der Waals surface area contributed by atoms with Crippen molar-refractivity contribution in [1.29, 1.82) is 0 Å². The zero-order valence-corrected chi connectivity index (χ0v) is 37.9. The fraction of sp³-hybridized carbons (Fsp3) is 0.783. The summed E-state index contributed by atoms with van der Waals surface area (Å²) in [4.78, 5) is 37.6. The first kappa shape index (κ1) is 53.9. The maximum absolute atomic E-state index is 12.7. The second kappa shape index (κ2) is 34.6. The molecule has 0 amide bonds. The van der Waals surface area contributed by atoms with Gasteiger partial charge >= 0.3 is 11.9 Å². The Morgan fingerprint density at radius 3 is 1.95 bits per heavy atom. The zero-order chi connectivity index (χ0) is 42.7.